The molecule has 2 aromatic carbocycles. The molecule has 0 radical (unpaired) electrons. The average Bonchev–Trinajstić information content (AvgIpc) is 2.64. The minimum Gasteiger partial charge on any atom is -0.448 e. The minimum absolute atomic E-state index is 0.0445. The fourth-order valence-electron chi connectivity index (χ4n) is 2.45. The first-order valence-corrected chi connectivity index (χ1v) is 7.99. The van der Waals surface area contributed by atoms with Crippen LogP contribution in [0.1, 0.15) is 17.4 Å². The Kier molecular flexibility index (Phi) is 4.79. The van der Waals surface area contributed by atoms with Gasteiger partial charge in [0.15, 0.2) is 11.8 Å². The van der Waals surface area contributed by atoms with E-state index in [1.807, 2.05) is 36.4 Å². The van der Waals surface area contributed by atoms with Crippen LogP contribution in [0.15, 0.2) is 59.4 Å². The molecular formula is C19H17N3O4. The van der Waals surface area contributed by atoms with Crippen LogP contribution in [0.2, 0.25) is 0 Å². The number of rotatable bonds is 4. The van der Waals surface area contributed by atoms with Crippen LogP contribution in [0.3, 0.4) is 0 Å². The summed E-state index contributed by atoms with van der Waals surface area (Å²) >= 11 is 0. The van der Waals surface area contributed by atoms with Gasteiger partial charge in [0.05, 0.1) is 0 Å². The van der Waals surface area contributed by atoms with E-state index in [9.17, 15) is 14.4 Å². The van der Waals surface area contributed by atoms with Crippen LogP contribution in [0.25, 0.3) is 10.8 Å². The summed E-state index contributed by atoms with van der Waals surface area (Å²) in [5.74, 6) is -1.24. The highest BCUT2D eigenvalue weighted by atomic mass is 16.5. The van der Waals surface area contributed by atoms with E-state index < -0.39 is 18.0 Å². The number of hydrogen-bond acceptors (Lipinski definition) is 5. The number of anilines is 1. The number of hydrogen-bond donors (Lipinski definition) is 1. The van der Waals surface area contributed by atoms with Gasteiger partial charge in [-0.3, -0.25) is 9.59 Å². The smallest absolute Gasteiger partial charge is 0.359 e. The van der Waals surface area contributed by atoms with Gasteiger partial charge in [0.2, 0.25) is 0 Å². The van der Waals surface area contributed by atoms with Crippen LogP contribution in [-0.4, -0.2) is 27.8 Å². The molecule has 0 spiro atoms. The van der Waals surface area contributed by atoms with Gasteiger partial charge in [-0.25, -0.2) is 9.48 Å². The lowest BCUT2D eigenvalue weighted by molar-refractivity contribution is -0.123. The number of aromatic nitrogens is 2. The van der Waals surface area contributed by atoms with Gasteiger partial charge >= 0.3 is 5.97 Å². The highest BCUT2D eigenvalue weighted by molar-refractivity contribution is 6.04. The molecule has 7 nitrogen and oxygen atoms in total. The summed E-state index contributed by atoms with van der Waals surface area (Å²) in [4.78, 5) is 35.8. The maximum absolute atomic E-state index is 12.4. The Hall–Kier alpha value is -3.48. The van der Waals surface area contributed by atoms with Crippen molar-refractivity contribution in [2.75, 3.05) is 5.32 Å². The summed E-state index contributed by atoms with van der Waals surface area (Å²) < 4.78 is 6.17. The number of amides is 1. The Labute approximate surface area is 149 Å². The van der Waals surface area contributed by atoms with Crippen LogP contribution in [0.5, 0.6) is 0 Å². The quantitative estimate of drug-likeness (QED) is 0.727. The Balaban J connectivity index is 1.72. The zero-order chi connectivity index (χ0) is 18.7. The fourth-order valence-corrected chi connectivity index (χ4v) is 2.45. The Morgan fingerprint density at radius 3 is 2.58 bits per heavy atom. The second kappa shape index (κ2) is 7.18. The molecule has 0 bridgehead atoms. The lowest BCUT2D eigenvalue weighted by atomic mass is 10.1. The second-order valence-corrected chi connectivity index (χ2v) is 5.74. The van der Waals surface area contributed by atoms with E-state index in [-0.39, 0.29) is 11.3 Å². The molecule has 1 aromatic heterocycles. The van der Waals surface area contributed by atoms with E-state index in [0.29, 0.717) is 5.69 Å². The van der Waals surface area contributed by atoms with Gasteiger partial charge in [-0.1, -0.05) is 36.4 Å². The number of carbonyl (C=O) groups is 2. The van der Waals surface area contributed by atoms with Crippen molar-refractivity contribution < 1.29 is 14.3 Å². The maximum Gasteiger partial charge on any atom is 0.359 e. The molecule has 1 amide bonds. The van der Waals surface area contributed by atoms with Gasteiger partial charge in [-0.15, -0.1) is 0 Å². The van der Waals surface area contributed by atoms with Crippen molar-refractivity contribution in [2.24, 2.45) is 7.05 Å². The van der Waals surface area contributed by atoms with E-state index in [1.54, 1.807) is 6.07 Å². The summed E-state index contributed by atoms with van der Waals surface area (Å²) in [7, 11) is 1.43. The first-order valence-electron chi connectivity index (χ1n) is 7.99. The van der Waals surface area contributed by atoms with Crippen LogP contribution in [-0.2, 0) is 16.6 Å². The Morgan fingerprint density at radius 1 is 1.08 bits per heavy atom. The van der Waals surface area contributed by atoms with Crippen molar-refractivity contribution >= 4 is 28.3 Å². The van der Waals surface area contributed by atoms with E-state index in [0.717, 1.165) is 15.5 Å². The number of nitrogens with zero attached hydrogens (tertiary/aromatic N) is 2. The Bertz CT molecular complexity index is 1040. The third-order valence-corrected chi connectivity index (χ3v) is 3.87. The van der Waals surface area contributed by atoms with Crippen LogP contribution < -0.4 is 10.9 Å². The highest BCUT2D eigenvalue weighted by Gasteiger charge is 2.20. The SMILES string of the molecule is CC(OC(=O)c1ccc(=O)n(C)n1)C(=O)Nc1cccc2ccccc12. The predicted molar refractivity (Wildman–Crippen MR) is 96.9 cm³/mol. The van der Waals surface area contributed by atoms with Gasteiger partial charge in [-0.2, -0.15) is 5.10 Å². The van der Waals surface area contributed by atoms with Crippen molar-refractivity contribution in [3.8, 4) is 0 Å². The molecule has 1 heterocycles. The van der Waals surface area contributed by atoms with E-state index in [4.69, 9.17) is 4.74 Å². The molecular weight excluding hydrogens is 334 g/mol. The lowest BCUT2D eigenvalue weighted by Crippen LogP contribution is -2.31. The number of aryl methyl sites for hydroxylation is 1. The monoisotopic (exact) mass is 351 g/mol. The topological polar surface area (TPSA) is 90.3 Å². The van der Waals surface area contributed by atoms with Gasteiger partial charge in [0, 0.05) is 24.2 Å². The summed E-state index contributed by atoms with van der Waals surface area (Å²) in [6, 6.07) is 15.7. The van der Waals surface area contributed by atoms with Crippen molar-refractivity contribution in [1.29, 1.82) is 0 Å². The lowest BCUT2D eigenvalue weighted by Gasteiger charge is -2.14. The third-order valence-electron chi connectivity index (χ3n) is 3.87. The van der Waals surface area contributed by atoms with Gasteiger partial charge in [-0.05, 0) is 24.4 Å². The highest BCUT2D eigenvalue weighted by Crippen LogP contribution is 2.23. The van der Waals surface area contributed by atoms with Crippen molar-refractivity contribution in [3.63, 3.8) is 0 Å². The number of esters is 1. The van der Waals surface area contributed by atoms with Crippen molar-refractivity contribution in [3.05, 3.63) is 70.6 Å². The first kappa shape index (κ1) is 17.3. The number of benzene rings is 2. The van der Waals surface area contributed by atoms with Gasteiger partial charge in [0.25, 0.3) is 11.5 Å². The average molecular weight is 351 g/mol. The molecule has 26 heavy (non-hydrogen) atoms. The molecule has 3 rings (SSSR count). The summed E-state index contributed by atoms with van der Waals surface area (Å²) in [6.07, 6.45) is -1.03. The molecule has 0 aliphatic rings. The number of carbonyl (C=O) groups excluding carboxylic acids is 2. The van der Waals surface area contributed by atoms with E-state index in [2.05, 4.69) is 10.4 Å². The van der Waals surface area contributed by atoms with Gasteiger partial charge < -0.3 is 10.1 Å². The van der Waals surface area contributed by atoms with E-state index in [1.165, 1.54) is 26.1 Å². The van der Waals surface area contributed by atoms with Crippen molar-refractivity contribution in [2.45, 2.75) is 13.0 Å². The third kappa shape index (κ3) is 3.61. The molecule has 1 N–H and O–H groups in total. The summed E-state index contributed by atoms with van der Waals surface area (Å²) in [6.45, 7) is 1.47. The summed E-state index contributed by atoms with van der Waals surface area (Å²) in [5.41, 5.74) is 0.247. The summed E-state index contributed by atoms with van der Waals surface area (Å²) in [5, 5.41) is 8.46. The number of nitrogens with one attached hydrogen (secondary N) is 1. The molecule has 1 unspecified atom stereocenters. The maximum atomic E-state index is 12.4. The Morgan fingerprint density at radius 2 is 1.81 bits per heavy atom. The molecule has 7 heteroatoms. The van der Waals surface area contributed by atoms with E-state index >= 15 is 0 Å². The predicted octanol–water partition coefficient (Wildman–Crippen LogP) is 2.12. The normalized spacial score (nSPS) is 11.8. The molecule has 0 fully saturated rings. The second-order valence-electron chi connectivity index (χ2n) is 5.74. The number of fused-ring (bicyclic) bond motifs is 1. The molecule has 0 saturated heterocycles. The molecule has 132 valence electrons. The van der Waals surface area contributed by atoms with Crippen LogP contribution in [0.4, 0.5) is 5.69 Å². The molecule has 0 aliphatic carbocycles. The van der Waals surface area contributed by atoms with Crippen LogP contribution >= 0.6 is 0 Å². The molecule has 0 aliphatic heterocycles. The molecule has 1 atom stereocenters. The van der Waals surface area contributed by atoms with Crippen molar-refractivity contribution in [1.82, 2.24) is 9.78 Å². The molecule has 0 saturated carbocycles. The zero-order valence-corrected chi connectivity index (χ0v) is 14.3. The van der Waals surface area contributed by atoms with Gasteiger partial charge in [0.1, 0.15) is 0 Å². The fraction of sp³-hybridized carbons (Fsp3) is 0.158. The largest absolute Gasteiger partial charge is 0.448 e. The molecule has 3 aromatic rings. The first-order chi connectivity index (χ1) is 12.5. The number of ether oxygens (including phenoxy) is 1. The zero-order valence-electron chi connectivity index (χ0n) is 14.3. The van der Waals surface area contributed by atoms with Crippen LogP contribution in [0, 0.1) is 0 Å². The minimum atomic E-state index is -1.03. The standard InChI is InChI=1S/C19H17N3O4/c1-12(26-19(25)16-10-11-17(23)22(2)21-16)18(24)20-15-9-5-7-13-6-3-4-8-14(13)15/h3-12H,1-2H3,(H,20,24).